The van der Waals surface area contributed by atoms with Gasteiger partial charge in [0, 0.05) is 0 Å². The first-order valence-corrected chi connectivity index (χ1v) is 6.57. The van der Waals surface area contributed by atoms with E-state index >= 15 is 0 Å². The third-order valence-corrected chi connectivity index (χ3v) is 1.73. The van der Waals surface area contributed by atoms with Crippen molar-refractivity contribution in [1.82, 2.24) is 0 Å². The predicted octanol–water partition coefficient (Wildman–Crippen LogP) is 4.72. The summed E-state index contributed by atoms with van der Waals surface area (Å²) < 4.78 is 0. The molecule has 0 atom stereocenters. The number of rotatable bonds is 0. The van der Waals surface area contributed by atoms with Crippen LogP contribution in [0.3, 0.4) is 0 Å². The van der Waals surface area contributed by atoms with Crippen LogP contribution in [0.15, 0.2) is 24.3 Å². The van der Waals surface area contributed by atoms with Crippen LogP contribution in [0.5, 0.6) is 5.75 Å². The first kappa shape index (κ1) is 13.9. The maximum absolute atomic E-state index is 9.02. The van der Waals surface area contributed by atoms with E-state index in [1.807, 2.05) is 12.1 Å². The molecule has 0 saturated heterocycles. The highest BCUT2D eigenvalue weighted by molar-refractivity contribution is 8.38. The molecule has 0 spiro atoms. The first-order valence-electron chi connectivity index (χ1n) is 4.10. The number of aromatic hydroxyl groups is 1. The topological polar surface area (TPSA) is 20.2 Å². The van der Waals surface area contributed by atoms with Crippen molar-refractivity contribution in [2.24, 2.45) is 0 Å². The summed E-state index contributed by atoms with van der Waals surface area (Å²) in [4.78, 5) is 0. The van der Waals surface area contributed by atoms with Gasteiger partial charge in [-0.25, -0.2) is 0 Å². The van der Waals surface area contributed by atoms with E-state index in [0.29, 0.717) is 15.9 Å². The zero-order valence-electron chi connectivity index (χ0n) is 8.42. The molecule has 1 aromatic carbocycles. The number of benzene rings is 1. The van der Waals surface area contributed by atoms with Gasteiger partial charge in [0.25, 0.3) is 0 Å². The maximum Gasteiger partial charge on any atom is 0.115 e. The molecule has 4 heteroatoms. The quantitative estimate of drug-likeness (QED) is 0.722. The number of hydrogen-bond donors (Lipinski definition) is 1. The summed E-state index contributed by atoms with van der Waals surface area (Å²) >= 11 is 0. The van der Waals surface area contributed by atoms with E-state index in [4.69, 9.17) is 5.11 Å². The second kappa shape index (κ2) is 6.44. The fourth-order valence-electron chi connectivity index (χ4n) is 0.961. The summed E-state index contributed by atoms with van der Waals surface area (Å²) in [7, 11) is 10.1. The summed E-state index contributed by atoms with van der Waals surface area (Å²) in [5, 5.41) is 9.02. The number of hydrogen-bond acceptors (Lipinski definition) is 2. The number of halogens is 2. The Bertz CT molecular complexity index is 254. The van der Waals surface area contributed by atoms with Crippen molar-refractivity contribution in [3.05, 3.63) is 29.8 Å². The standard InChI is InChI=1S/C10H14O.Cl2S/c1-10(2,3)8-4-6-9(11)7-5-8;1-3-2/h4-7,11H,1-3H3;. The molecule has 0 saturated carbocycles. The van der Waals surface area contributed by atoms with Gasteiger partial charge in [-0.1, -0.05) is 32.9 Å². The van der Waals surface area contributed by atoms with Crippen molar-refractivity contribution >= 4 is 31.6 Å². The Kier molecular flexibility index (Phi) is 6.41. The highest BCUT2D eigenvalue weighted by atomic mass is 36.0. The summed E-state index contributed by atoms with van der Waals surface area (Å²) in [6.45, 7) is 6.46. The van der Waals surface area contributed by atoms with Gasteiger partial charge in [-0.15, -0.1) is 0 Å². The molecule has 0 aromatic heterocycles. The van der Waals surface area contributed by atoms with Gasteiger partial charge in [0.15, 0.2) is 0 Å². The van der Waals surface area contributed by atoms with Crippen molar-refractivity contribution in [1.29, 1.82) is 0 Å². The first-order chi connectivity index (χ1) is 6.41. The van der Waals surface area contributed by atoms with Crippen LogP contribution in [-0.2, 0) is 5.41 Å². The lowest BCUT2D eigenvalue weighted by molar-refractivity contribution is 0.474. The molecule has 0 amide bonds. The minimum absolute atomic E-state index is 0.174. The van der Waals surface area contributed by atoms with E-state index in [1.54, 1.807) is 12.1 Å². The third kappa shape index (κ3) is 5.63. The predicted molar refractivity (Wildman–Crippen MR) is 66.1 cm³/mol. The van der Waals surface area contributed by atoms with Crippen LogP contribution >= 0.6 is 31.6 Å². The molecule has 80 valence electrons. The van der Waals surface area contributed by atoms with E-state index in [2.05, 4.69) is 42.1 Å². The Hall–Kier alpha value is -0.0500. The molecule has 0 fully saturated rings. The molecule has 1 aromatic rings. The van der Waals surface area contributed by atoms with Crippen molar-refractivity contribution in [3.63, 3.8) is 0 Å². The van der Waals surface area contributed by atoms with Gasteiger partial charge in [0.05, 0.1) is 10.2 Å². The number of phenolic OH excluding ortho intramolecular Hbond substituents is 1. The minimum atomic E-state index is 0.174. The summed E-state index contributed by atoms with van der Waals surface area (Å²) in [5.74, 6) is 0.331. The second-order valence-electron chi connectivity index (χ2n) is 3.86. The zero-order valence-corrected chi connectivity index (χ0v) is 10.7. The molecule has 1 rings (SSSR count). The molecule has 1 nitrogen and oxygen atoms in total. The Morgan fingerprint density at radius 3 is 1.71 bits per heavy atom. The minimum Gasteiger partial charge on any atom is -0.508 e. The highest BCUT2D eigenvalue weighted by Crippen LogP contribution is 2.23. The Labute approximate surface area is 98.4 Å². The van der Waals surface area contributed by atoms with Crippen LogP contribution < -0.4 is 0 Å². The van der Waals surface area contributed by atoms with E-state index in [-0.39, 0.29) is 5.41 Å². The van der Waals surface area contributed by atoms with Gasteiger partial charge in [-0.3, -0.25) is 0 Å². The third-order valence-electron chi connectivity index (χ3n) is 1.73. The fourth-order valence-corrected chi connectivity index (χ4v) is 0.961. The van der Waals surface area contributed by atoms with Crippen molar-refractivity contribution in [3.8, 4) is 5.75 Å². The van der Waals surface area contributed by atoms with Gasteiger partial charge in [0.1, 0.15) is 5.75 Å². The van der Waals surface area contributed by atoms with Crippen molar-refractivity contribution < 1.29 is 5.11 Å². The molecule has 0 heterocycles. The zero-order chi connectivity index (χ0) is 11.2. The van der Waals surface area contributed by atoms with Gasteiger partial charge < -0.3 is 5.11 Å². The van der Waals surface area contributed by atoms with E-state index in [9.17, 15) is 0 Å². The summed E-state index contributed by atoms with van der Waals surface area (Å²) in [5.41, 5.74) is 1.42. The molecule has 0 unspecified atom stereocenters. The Morgan fingerprint density at radius 1 is 1.07 bits per heavy atom. The van der Waals surface area contributed by atoms with Crippen LogP contribution in [0.4, 0.5) is 0 Å². The maximum atomic E-state index is 9.02. The average molecular weight is 253 g/mol. The molecule has 0 aliphatic carbocycles. The van der Waals surface area contributed by atoms with E-state index in [1.165, 1.54) is 5.56 Å². The molecule has 0 bridgehead atoms. The molecule has 0 aliphatic heterocycles. The molecule has 0 aliphatic rings. The van der Waals surface area contributed by atoms with Gasteiger partial charge in [0.2, 0.25) is 0 Å². The van der Waals surface area contributed by atoms with Gasteiger partial charge >= 0.3 is 0 Å². The van der Waals surface area contributed by atoms with Crippen LogP contribution in [0, 0.1) is 0 Å². The summed E-state index contributed by atoms with van der Waals surface area (Å²) in [6, 6.07) is 7.35. The van der Waals surface area contributed by atoms with E-state index in [0.717, 1.165) is 0 Å². The highest BCUT2D eigenvalue weighted by Gasteiger charge is 2.12. The second-order valence-corrected chi connectivity index (χ2v) is 5.37. The lowest BCUT2D eigenvalue weighted by atomic mass is 9.87. The molecular formula is C10H14Cl2OS. The summed E-state index contributed by atoms with van der Waals surface area (Å²) in [6.07, 6.45) is 0. The normalized spacial score (nSPS) is 10.4. The van der Waals surface area contributed by atoms with Crippen LogP contribution in [0.1, 0.15) is 26.3 Å². The van der Waals surface area contributed by atoms with Crippen LogP contribution in [-0.4, -0.2) is 5.11 Å². The molecule has 0 radical (unpaired) electrons. The van der Waals surface area contributed by atoms with Crippen molar-refractivity contribution in [2.45, 2.75) is 26.2 Å². The lowest BCUT2D eigenvalue weighted by Crippen LogP contribution is -2.10. The monoisotopic (exact) mass is 252 g/mol. The number of phenols is 1. The smallest absolute Gasteiger partial charge is 0.115 e. The average Bonchev–Trinajstić information content (AvgIpc) is 2.04. The Morgan fingerprint density at radius 2 is 1.43 bits per heavy atom. The van der Waals surface area contributed by atoms with Gasteiger partial charge in [-0.2, -0.15) is 0 Å². The van der Waals surface area contributed by atoms with Crippen LogP contribution in [0.2, 0.25) is 0 Å². The molecule has 1 N–H and O–H groups in total. The lowest BCUT2D eigenvalue weighted by Gasteiger charge is -2.18. The molecular weight excluding hydrogens is 239 g/mol. The van der Waals surface area contributed by atoms with Crippen molar-refractivity contribution in [2.75, 3.05) is 0 Å². The largest absolute Gasteiger partial charge is 0.508 e. The fraction of sp³-hybridized carbons (Fsp3) is 0.400. The Balaban J connectivity index is 0.000000500. The molecule has 14 heavy (non-hydrogen) atoms. The van der Waals surface area contributed by atoms with Gasteiger partial charge in [-0.05, 0) is 44.5 Å². The SMILES string of the molecule is CC(C)(C)c1ccc(O)cc1.ClSCl. The van der Waals surface area contributed by atoms with Crippen LogP contribution in [0.25, 0.3) is 0 Å². The van der Waals surface area contributed by atoms with E-state index < -0.39 is 0 Å².